The molecule has 1 aliphatic rings. The van der Waals surface area contributed by atoms with Crippen LogP contribution in [0.4, 0.5) is 0 Å². The molecule has 0 spiro atoms. The second-order valence-electron chi connectivity index (χ2n) is 3.36. The molecule has 0 saturated carbocycles. The Balaban J connectivity index is 2.30. The molecule has 0 aliphatic carbocycles. The Hall–Kier alpha value is -1.55. The molecule has 0 bridgehead atoms. The highest BCUT2D eigenvalue weighted by Crippen LogP contribution is 2.31. The van der Waals surface area contributed by atoms with Crippen molar-refractivity contribution in [2.75, 3.05) is 6.61 Å². The van der Waals surface area contributed by atoms with Gasteiger partial charge in [0.15, 0.2) is 0 Å². The number of nitrogens with two attached hydrogens (primary N) is 1. The van der Waals surface area contributed by atoms with Gasteiger partial charge in [0.1, 0.15) is 12.4 Å². The smallest absolute Gasteiger partial charge is 0.307 e. The van der Waals surface area contributed by atoms with E-state index in [1.165, 1.54) is 0 Å². The van der Waals surface area contributed by atoms with E-state index in [0.29, 0.717) is 6.61 Å². The first-order chi connectivity index (χ1) is 6.66. The summed E-state index contributed by atoms with van der Waals surface area (Å²) in [6.07, 6.45) is 0.0278. The van der Waals surface area contributed by atoms with Crippen LogP contribution in [0.15, 0.2) is 18.2 Å². The van der Waals surface area contributed by atoms with Gasteiger partial charge in [-0.05, 0) is 17.7 Å². The van der Waals surface area contributed by atoms with Crippen LogP contribution in [0.3, 0.4) is 0 Å². The molecule has 1 aromatic rings. The zero-order valence-corrected chi connectivity index (χ0v) is 7.56. The third kappa shape index (κ3) is 1.56. The van der Waals surface area contributed by atoms with Gasteiger partial charge >= 0.3 is 5.97 Å². The molecular weight excluding hydrogens is 182 g/mol. The summed E-state index contributed by atoms with van der Waals surface area (Å²) in [6.45, 7) is 0.478. The molecule has 1 aromatic carbocycles. The second kappa shape index (κ2) is 3.31. The molecule has 0 radical (unpaired) electrons. The Morgan fingerprint density at radius 1 is 1.64 bits per heavy atom. The summed E-state index contributed by atoms with van der Waals surface area (Å²) >= 11 is 0. The monoisotopic (exact) mass is 193 g/mol. The van der Waals surface area contributed by atoms with Crippen LogP contribution >= 0.6 is 0 Å². The van der Waals surface area contributed by atoms with Crippen LogP contribution in [0, 0.1) is 0 Å². The van der Waals surface area contributed by atoms with Crippen LogP contribution in [0.5, 0.6) is 5.75 Å². The number of hydrogen-bond acceptors (Lipinski definition) is 3. The molecule has 0 fully saturated rings. The summed E-state index contributed by atoms with van der Waals surface area (Å²) in [4.78, 5) is 10.5. The van der Waals surface area contributed by atoms with Crippen LogP contribution < -0.4 is 10.5 Å². The third-order valence-electron chi connectivity index (χ3n) is 2.25. The Morgan fingerprint density at radius 2 is 2.43 bits per heavy atom. The third-order valence-corrected chi connectivity index (χ3v) is 2.25. The fourth-order valence-electron chi connectivity index (χ4n) is 1.57. The zero-order valence-electron chi connectivity index (χ0n) is 7.56. The number of carbonyl (C=O) groups is 1. The van der Waals surface area contributed by atoms with Gasteiger partial charge in [0.05, 0.1) is 12.5 Å². The number of aliphatic carboxylic acids is 1. The number of rotatable bonds is 2. The first-order valence-electron chi connectivity index (χ1n) is 4.40. The molecule has 0 saturated heterocycles. The lowest BCUT2D eigenvalue weighted by Gasteiger charge is -2.03. The SMILES string of the molecule is N[C@H]1COc2ccc(CC(=O)O)cc21. The van der Waals surface area contributed by atoms with Crippen molar-refractivity contribution in [1.29, 1.82) is 0 Å². The minimum Gasteiger partial charge on any atom is -0.491 e. The van der Waals surface area contributed by atoms with Crippen LogP contribution in [-0.4, -0.2) is 17.7 Å². The summed E-state index contributed by atoms with van der Waals surface area (Å²) in [5, 5.41) is 8.62. The van der Waals surface area contributed by atoms with Crippen molar-refractivity contribution >= 4 is 5.97 Å². The minimum absolute atomic E-state index is 0.0278. The maximum Gasteiger partial charge on any atom is 0.307 e. The number of carboxylic acids is 1. The Kier molecular flexibility index (Phi) is 2.13. The van der Waals surface area contributed by atoms with E-state index >= 15 is 0 Å². The molecule has 0 aromatic heterocycles. The molecule has 1 heterocycles. The number of hydrogen-bond donors (Lipinski definition) is 2. The number of fused-ring (bicyclic) bond motifs is 1. The molecule has 0 unspecified atom stereocenters. The number of carboxylic acid groups (broad SMARTS) is 1. The molecule has 1 atom stereocenters. The van der Waals surface area contributed by atoms with Crippen LogP contribution in [0.1, 0.15) is 17.2 Å². The van der Waals surface area contributed by atoms with Crippen molar-refractivity contribution in [3.8, 4) is 5.75 Å². The lowest BCUT2D eigenvalue weighted by atomic mass is 10.0. The van der Waals surface area contributed by atoms with Gasteiger partial charge in [-0.15, -0.1) is 0 Å². The van der Waals surface area contributed by atoms with Crippen molar-refractivity contribution in [3.05, 3.63) is 29.3 Å². The molecule has 4 heteroatoms. The first kappa shape index (κ1) is 9.02. The van der Waals surface area contributed by atoms with Gasteiger partial charge in [-0.3, -0.25) is 4.79 Å². The van der Waals surface area contributed by atoms with Gasteiger partial charge in [0.2, 0.25) is 0 Å². The van der Waals surface area contributed by atoms with E-state index in [0.717, 1.165) is 16.9 Å². The Morgan fingerprint density at radius 3 is 3.14 bits per heavy atom. The molecular formula is C10H11NO3. The van der Waals surface area contributed by atoms with Crippen LogP contribution in [0.2, 0.25) is 0 Å². The van der Waals surface area contributed by atoms with Gasteiger partial charge in [-0.25, -0.2) is 0 Å². The predicted molar refractivity (Wildman–Crippen MR) is 50.2 cm³/mol. The normalized spacial score (nSPS) is 18.8. The lowest BCUT2D eigenvalue weighted by Crippen LogP contribution is -2.11. The molecule has 4 nitrogen and oxygen atoms in total. The summed E-state index contributed by atoms with van der Waals surface area (Å²) in [7, 11) is 0. The van der Waals surface area contributed by atoms with Gasteiger partial charge in [-0.2, -0.15) is 0 Å². The van der Waals surface area contributed by atoms with E-state index in [-0.39, 0.29) is 12.5 Å². The van der Waals surface area contributed by atoms with Crippen LogP contribution in [-0.2, 0) is 11.2 Å². The quantitative estimate of drug-likeness (QED) is 0.725. The fourth-order valence-corrected chi connectivity index (χ4v) is 1.57. The molecule has 14 heavy (non-hydrogen) atoms. The predicted octanol–water partition coefficient (Wildman–Crippen LogP) is 0.706. The van der Waals surface area contributed by atoms with Gasteiger partial charge < -0.3 is 15.6 Å². The van der Waals surface area contributed by atoms with E-state index in [1.807, 2.05) is 0 Å². The summed E-state index contributed by atoms with van der Waals surface area (Å²) in [5.74, 6) is -0.0657. The van der Waals surface area contributed by atoms with Crippen LogP contribution in [0.25, 0.3) is 0 Å². The zero-order chi connectivity index (χ0) is 10.1. The topological polar surface area (TPSA) is 72.5 Å². The standard InChI is InChI=1S/C10H11NO3/c11-8-5-14-9-2-1-6(3-7(8)9)4-10(12)13/h1-3,8H,4-5,11H2,(H,12,13)/t8-/m0/s1. The van der Waals surface area contributed by atoms with Crippen molar-refractivity contribution < 1.29 is 14.6 Å². The second-order valence-corrected chi connectivity index (χ2v) is 3.36. The summed E-state index contributed by atoms with van der Waals surface area (Å²) < 4.78 is 5.30. The minimum atomic E-state index is -0.836. The Labute approximate surface area is 81.3 Å². The van der Waals surface area contributed by atoms with Gasteiger partial charge in [0, 0.05) is 5.56 Å². The maximum atomic E-state index is 10.5. The molecule has 3 N–H and O–H groups in total. The highest BCUT2D eigenvalue weighted by molar-refractivity contribution is 5.70. The molecule has 0 amide bonds. The van der Waals surface area contributed by atoms with E-state index in [9.17, 15) is 4.79 Å². The largest absolute Gasteiger partial charge is 0.491 e. The summed E-state index contributed by atoms with van der Waals surface area (Å²) in [5.41, 5.74) is 7.44. The highest BCUT2D eigenvalue weighted by Gasteiger charge is 2.20. The molecule has 2 rings (SSSR count). The molecule has 1 aliphatic heterocycles. The average Bonchev–Trinajstić information content (AvgIpc) is 2.47. The van der Waals surface area contributed by atoms with E-state index in [1.54, 1.807) is 18.2 Å². The molecule has 74 valence electrons. The fraction of sp³-hybridized carbons (Fsp3) is 0.300. The first-order valence-corrected chi connectivity index (χ1v) is 4.40. The van der Waals surface area contributed by atoms with E-state index in [4.69, 9.17) is 15.6 Å². The lowest BCUT2D eigenvalue weighted by molar-refractivity contribution is -0.136. The number of benzene rings is 1. The number of ether oxygens (including phenoxy) is 1. The van der Waals surface area contributed by atoms with Crippen molar-refractivity contribution in [1.82, 2.24) is 0 Å². The van der Waals surface area contributed by atoms with Crippen molar-refractivity contribution in [2.24, 2.45) is 5.73 Å². The summed E-state index contributed by atoms with van der Waals surface area (Å²) in [6, 6.07) is 5.21. The maximum absolute atomic E-state index is 10.5. The van der Waals surface area contributed by atoms with Gasteiger partial charge in [0.25, 0.3) is 0 Å². The van der Waals surface area contributed by atoms with E-state index in [2.05, 4.69) is 0 Å². The van der Waals surface area contributed by atoms with E-state index < -0.39 is 5.97 Å². The highest BCUT2D eigenvalue weighted by atomic mass is 16.5. The Bertz CT molecular complexity index is 376. The van der Waals surface area contributed by atoms with Crippen molar-refractivity contribution in [2.45, 2.75) is 12.5 Å². The average molecular weight is 193 g/mol. The van der Waals surface area contributed by atoms with Crippen molar-refractivity contribution in [3.63, 3.8) is 0 Å². The van der Waals surface area contributed by atoms with Gasteiger partial charge in [-0.1, -0.05) is 6.07 Å².